The minimum absolute atomic E-state index is 0.859. The Morgan fingerprint density at radius 3 is 2.42 bits per heavy atom. The predicted molar refractivity (Wildman–Crippen MR) is 81.8 cm³/mol. The van der Waals surface area contributed by atoms with Gasteiger partial charge in [0.25, 0.3) is 0 Å². The summed E-state index contributed by atoms with van der Waals surface area (Å²) in [6.45, 7) is 4.04. The molecule has 0 aromatic heterocycles. The van der Waals surface area contributed by atoms with Crippen molar-refractivity contribution in [3.05, 3.63) is 59.7 Å². The Morgan fingerprint density at radius 2 is 1.74 bits per heavy atom. The van der Waals surface area contributed by atoms with E-state index in [1.54, 1.807) is 0 Å². The van der Waals surface area contributed by atoms with Crippen molar-refractivity contribution in [2.75, 3.05) is 18.8 Å². The summed E-state index contributed by atoms with van der Waals surface area (Å²) in [5.41, 5.74) is 13.4. The highest BCUT2D eigenvalue weighted by Gasteiger charge is 2.15. The predicted octanol–water partition coefficient (Wildman–Crippen LogP) is 3.31. The molecular formula is C17H18N2. The molecule has 96 valence electrons. The lowest BCUT2D eigenvalue weighted by molar-refractivity contribution is 0.878. The Morgan fingerprint density at radius 1 is 0.947 bits per heavy atom. The second kappa shape index (κ2) is 4.90. The van der Waals surface area contributed by atoms with Gasteiger partial charge < -0.3 is 11.1 Å². The summed E-state index contributed by atoms with van der Waals surface area (Å²) in [6, 6.07) is 16.7. The van der Waals surface area contributed by atoms with E-state index in [0.717, 1.165) is 18.8 Å². The molecule has 2 nitrogen and oxygen atoms in total. The molecule has 0 saturated heterocycles. The van der Waals surface area contributed by atoms with Crippen LogP contribution in [0.15, 0.2) is 54.1 Å². The molecule has 1 heterocycles. The van der Waals surface area contributed by atoms with Crippen molar-refractivity contribution in [3.8, 4) is 11.1 Å². The maximum absolute atomic E-state index is 6.15. The molecular weight excluding hydrogens is 232 g/mol. The highest BCUT2D eigenvalue weighted by atomic mass is 14.9. The lowest BCUT2D eigenvalue weighted by Gasteiger charge is -2.11. The Labute approximate surface area is 114 Å². The summed E-state index contributed by atoms with van der Waals surface area (Å²) < 4.78 is 0. The molecule has 0 amide bonds. The normalized spacial score (nSPS) is 15.0. The minimum atomic E-state index is 0.859. The van der Waals surface area contributed by atoms with Gasteiger partial charge in [-0.15, -0.1) is 0 Å². The lowest BCUT2D eigenvalue weighted by atomic mass is 9.96. The fraction of sp³-hybridized carbons (Fsp3) is 0.176. The van der Waals surface area contributed by atoms with Gasteiger partial charge in [0.15, 0.2) is 0 Å². The molecule has 19 heavy (non-hydrogen) atoms. The van der Waals surface area contributed by atoms with E-state index in [-0.39, 0.29) is 0 Å². The maximum atomic E-state index is 6.15. The van der Waals surface area contributed by atoms with Crippen LogP contribution in [0.5, 0.6) is 0 Å². The molecule has 0 bridgehead atoms. The smallest absolute Gasteiger partial charge is 0.0391 e. The van der Waals surface area contributed by atoms with Crippen molar-refractivity contribution in [1.29, 1.82) is 0 Å². The Hall–Kier alpha value is -2.06. The summed E-state index contributed by atoms with van der Waals surface area (Å²) in [5.74, 6) is 0. The van der Waals surface area contributed by atoms with Crippen LogP contribution in [0.2, 0.25) is 0 Å². The van der Waals surface area contributed by atoms with E-state index in [9.17, 15) is 0 Å². The molecule has 0 fully saturated rings. The molecule has 2 heteroatoms. The van der Waals surface area contributed by atoms with Crippen LogP contribution in [-0.4, -0.2) is 13.1 Å². The van der Waals surface area contributed by atoms with E-state index in [1.165, 1.54) is 27.8 Å². The molecule has 0 radical (unpaired) electrons. The summed E-state index contributed by atoms with van der Waals surface area (Å²) in [4.78, 5) is 0. The van der Waals surface area contributed by atoms with Gasteiger partial charge in [-0.3, -0.25) is 0 Å². The SMILES string of the molecule is CC1=C(c2cc(-c3ccccc3)ccc2N)CNC1. The van der Waals surface area contributed by atoms with Gasteiger partial charge in [0.1, 0.15) is 0 Å². The second-order valence-corrected chi connectivity index (χ2v) is 5.03. The summed E-state index contributed by atoms with van der Waals surface area (Å²) in [7, 11) is 0. The van der Waals surface area contributed by atoms with Crippen molar-refractivity contribution >= 4 is 11.3 Å². The summed E-state index contributed by atoms with van der Waals surface area (Å²) in [5, 5.41) is 3.38. The van der Waals surface area contributed by atoms with Gasteiger partial charge in [0.2, 0.25) is 0 Å². The van der Waals surface area contributed by atoms with Crippen LogP contribution >= 0.6 is 0 Å². The van der Waals surface area contributed by atoms with E-state index in [2.05, 4.69) is 48.6 Å². The van der Waals surface area contributed by atoms with E-state index in [1.807, 2.05) is 12.1 Å². The zero-order chi connectivity index (χ0) is 13.2. The second-order valence-electron chi connectivity index (χ2n) is 5.03. The minimum Gasteiger partial charge on any atom is -0.398 e. The van der Waals surface area contributed by atoms with Gasteiger partial charge in [-0.2, -0.15) is 0 Å². The van der Waals surface area contributed by atoms with Crippen LogP contribution in [0.25, 0.3) is 16.7 Å². The van der Waals surface area contributed by atoms with Crippen molar-refractivity contribution in [1.82, 2.24) is 5.32 Å². The maximum Gasteiger partial charge on any atom is 0.0391 e. The molecule has 0 saturated carbocycles. The van der Waals surface area contributed by atoms with Crippen molar-refractivity contribution in [2.24, 2.45) is 0 Å². The van der Waals surface area contributed by atoms with E-state index in [4.69, 9.17) is 5.73 Å². The monoisotopic (exact) mass is 250 g/mol. The van der Waals surface area contributed by atoms with Crippen LogP contribution in [0, 0.1) is 0 Å². The van der Waals surface area contributed by atoms with Crippen LogP contribution in [0.3, 0.4) is 0 Å². The standard InChI is InChI=1S/C17H18N2/c1-12-10-19-11-16(12)15-9-14(7-8-17(15)18)13-5-3-2-4-6-13/h2-9,19H,10-11,18H2,1H3. The summed E-state index contributed by atoms with van der Waals surface area (Å²) in [6.07, 6.45) is 0. The molecule has 1 aliphatic heterocycles. The number of nitrogen functional groups attached to an aromatic ring is 1. The number of nitrogens with two attached hydrogens (primary N) is 1. The van der Waals surface area contributed by atoms with Crippen LogP contribution < -0.4 is 11.1 Å². The first kappa shape index (κ1) is 12.0. The van der Waals surface area contributed by atoms with Gasteiger partial charge >= 0.3 is 0 Å². The van der Waals surface area contributed by atoms with Crippen LogP contribution in [0.4, 0.5) is 5.69 Å². The van der Waals surface area contributed by atoms with E-state index >= 15 is 0 Å². The topological polar surface area (TPSA) is 38.0 Å². The lowest BCUT2D eigenvalue weighted by Crippen LogP contribution is -2.08. The third kappa shape index (κ3) is 2.27. The third-order valence-electron chi connectivity index (χ3n) is 3.69. The molecule has 1 aliphatic rings. The van der Waals surface area contributed by atoms with Crippen molar-refractivity contribution in [2.45, 2.75) is 6.92 Å². The number of rotatable bonds is 2. The Kier molecular flexibility index (Phi) is 3.10. The number of nitrogens with one attached hydrogen (secondary N) is 1. The van der Waals surface area contributed by atoms with Crippen molar-refractivity contribution in [3.63, 3.8) is 0 Å². The molecule has 2 aromatic carbocycles. The fourth-order valence-corrected chi connectivity index (χ4v) is 2.59. The van der Waals surface area contributed by atoms with Gasteiger partial charge in [0.05, 0.1) is 0 Å². The van der Waals surface area contributed by atoms with Gasteiger partial charge in [-0.1, -0.05) is 42.0 Å². The third-order valence-corrected chi connectivity index (χ3v) is 3.69. The van der Waals surface area contributed by atoms with Gasteiger partial charge in [-0.05, 0) is 35.8 Å². The first-order chi connectivity index (χ1) is 9.25. The first-order valence-corrected chi connectivity index (χ1v) is 6.60. The Bertz CT molecular complexity index is 627. The van der Waals surface area contributed by atoms with Gasteiger partial charge in [-0.25, -0.2) is 0 Å². The number of hydrogen-bond acceptors (Lipinski definition) is 2. The molecule has 2 aromatic rings. The Balaban J connectivity index is 2.09. The molecule has 0 atom stereocenters. The largest absolute Gasteiger partial charge is 0.398 e. The quantitative estimate of drug-likeness (QED) is 0.802. The van der Waals surface area contributed by atoms with E-state index < -0.39 is 0 Å². The average molecular weight is 250 g/mol. The van der Waals surface area contributed by atoms with Crippen LogP contribution in [-0.2, 0) is 0 Å². The number of anilines is 1. The van der Waals surface area contributed by atoms with Gasteiger partial charge in [0, 0.05) is 24.3 Å². The number of hydrogen-bond donors (Lipinski definition) is 2. The average Bonchev–Trinajstić information content (AvgIpc) is 2.86. The van der Waals surface area contributed by atoms with Crippen LogP contribution in [0.1, 0.15) is 12.5 Å². The van der Waals surface area contributed by atoms with Crippen molar-refractivity contribution < 1.29 is 0 Å². The molecule has 3 rings (SSSR count). The number of benzene rings is 2. The van der Waals surface area contributed by atoms with E-state index in [0.29, 0.717) is 0 Å². The zero-order valence-corrected chi connectivity index (χ0v) is 11.1. The first-order valence-electron chi connectivity index (χ1n) is 6.60. The molecule has 0 aliphatic carbocycles. The molecule has 0 spiro atoms. The fourth-order valence-electron chi connectivity index (χ4n) is 2.59. The zero-order valence-electron chi connectivity index (χ0n) is 11.1. The summed E-state index contributed by atoms with van der Waals surface area (Å²) >= 11 is 0. The molecule has 3 N–H and O–H groups in total. The molecule has 0 unspecified atom stereocenters. The highest BCUT2D eigenvalue weighted by Crippen LogP contribution is 2.31. The highest BCUT2D eigenvalue weighted by molar-refractivity contribution is 5.83.